The first kappa shape index (κ1) is 14.9. The summed E-state index contributed by atoms with van der Waals surface area (Å²) >= 11 is 0. The number of halogens is 1. The summed E-state index contributed by atoms with van der Waals surface area (Å²) < 4.78 is 18.7. The van der Waals surface area contributed by atoms with E-state index in [1.807, 2.05) is 32.0 Å². The Bertz CT molecular complexity index is 692. The summed E-state index contributed by atoms with van der Waals surface area (Å²) in [5.74, 6) is -0.174. The molecule has 0 spiro atoms. The molecule has 4 heteroatoms. The number of anilines is 1. The molecule has 1 atom stereocenters. The minimum Gasteiger partial charge on any atom is -0.494 e. The largest absolute Gasteiger partial charge is 0.494 e. The average molecular weight is 284 g/mol. The third-order valence-electron chi connectivity index (χ3n) is 3.43. The molecule has 0 aliphatic rings. The molecule has 0 aliphatic carbocycles. The second-order valence-electron chi connectivity index (χ2n) is 4.87. The fourth-order valence-electron chi connectivity index (χ4n) is 2.21. The number of benzene rings is 2. The summed E-state index contributed by atoms with van der Waals surface area (Å²) in [5.41, 5.74) is 3.06. The number of aryl methyl sites for hydroxylation is 1. The first-order valence-electron chi connectivity index (χ1n) is 6.66. The predicted molar refractivity (Wildman–Crippen MR) is 80.9 cm³/mol. The molecule has 1 unspecified atom stereocenters. The van der Waals surface area contributed by atoms with E-state index in [4.69, 9.17) is 4.74 Å². The Labute approximate surface area is 124 Å². The molecule has 0 aromatic heterocycles. The lowest BCUT2D eigenvalue weighted by Crippen LogP contribution is -2.09. The van der Waals surface area contributed by atoms with E-state index >= 15 is 0 Å². The molecule has 0 radical (unpaired) electrons. The van der Waals surface area contributed by atoms with Crippen LogP contribution in [0.5, 0.6) is 5.75 Å². The topological polar surface area (TPSA) is 45.0 Å². The van der Waals surface area contributed by atoms with Gasteiger partial charge in [-0.3, -0.25) is 0 Å². The van der Waals surface area contributed by atoms with Crippen molar-refractivity contribution in [3.05, 3.63) is 58.9 Å². The minimum atomic E-state index is -0.395. The van der Waals surface area contributed by atoms with E-state index in [1.165, 1.54) is 13.2 Å². The van der Waals surface area contributed by atoms with E-state index < -0.39 is 5.82 Å². The van der Waals surface area contributed by atoms with Crippen LogP contribution in [-0.2, 0) is 0 Å². The standard InChI is InChI=1S/C17H17FN2O/c1-11-5-4-6-16(14(11)10-19)20-12(2)13-7-8-17(21-3)15(18)9-13/h4-9,12,20H,1-3H3. The maximum absolute atomic E-state index is 13.8. The first-order valence-corrected chi connectivity index (χ1v) is 6.66. The zero-order valence-electron chi connectivity index (χ0n) is 12.3. The minimum absolute atomic E-state index is 0.126. The molecule has 2 aromatic carbocycles. The normalized spacial score (nSPS) is 11.6. The number of nitrogens with one attached hydrogen (secondary N) is 1. The molecule has 1 N–H and O–H groups in total. The highest BCUT2D eigenvalue weighted by Crippen LogP contribution is 2.26. The second-order valence-corrected chi connectivity index (χ2v) is 4.87. The first-order chi connectivity index (χ1) is 10.1. The summed E-state index contributed by atoms with van der Waals surface area (Å²) in [4.78, 5) is 0. The summed E-state index contributed by atoms with van der Waals surface area (Å²) in [6, 6.07) is 12.5. The Hall–Kier alpha value is -2.54. The van der Waals surface area contributed by atoms with Gasteiger partial charge in [0.1, 0.15) is 6.07 Å². The quantitative estimate of drug-likeness (QED) is 0.915. The number of nitriles is 1. The smallest absolute Gasteiger partial charge is 0.165 e. The van der Waals surface area contributed by atoms with Crippen molar-refractivity contribution in [1.82, 2.24) is 0 Å². The van der Waals surface area contributed by atoms with E-state index in [0.29, 0.717) is 5.56 Å². The highest BCUT2D eigenvalue weighted by Gasteiger charge is 2.12. The third kappa shape index (κ3) is 3.14. The predicted octanol–water partition coefficient (Wildman–Crippen LogP) is 4.19. The SMILES string of the molecule is COc1ccc(C(C)Nc2cccc(C)c2C#N)cc1F. The van der Waals surface area contributed by atoms with Crippen LogP contribution >= 0.6 is 0 Å². The molecule has 3 nitrogen and oxygen atoms in total. The monoisotopic (exact) mass is 284 g/mol. The van der Waals surface area contributed by atoms with Crippen LogP contribution in [0.4, 0.5) is 10.1 Å². The number of ether oxygens (including phenoxy) is 1. The molecule has 0 saturated carbocycles. The third-order valence-corrected chi connectivity index (χ3v) is 3.43. The van der Waals surface area contributed by atoms with Crippen molar-refractivity contribution < 1.29 is 9.13 Å². The molecule has 2 rings (SSSR count). The number of rotatable bonds is 4. The van der Waals surface area contributed by atoms with Crippen LogP contribution in [0.3, 0.4) is 0 Å². The number of nitrogens with zero attached hydrogens (tertiary/aromatic N) is 1. The Balaban J connectivity index is 2.26. The van der Waals surface area contributed by atoms with Crippen molar-refractivity contribution in [3.8, 4) is 11.8 Å². The lowest BCUT2D eigenvalue weighted by molar-refractivity contribution is 0.386. The van der Waals surface area contributed by atoms with Gasteiger partial charge in [0.05, 0.1) is 18.4 Å². The van der Waals surface area contributed by atoms with E-state index in [9.17, 15) is 9.65 Å². The molecule has 0 heterocycles. The highest BCUT2D eigenvalue weighted by atomic mass is 19.1. The number of hydrogen-bond donors (Lipinski definition) is 1. The molecule has 0 saturated heterocycles. The molecule has 2 aromatic rings. The molecule has 0 amide bonds. The van der Waals surface area contributed by atoms with Gasteiger partial charge in [0, 0.05) is 6.04 Å². The molecular formula is C17H17FN2O. The maximum atomic E-state index is 13.8. The van der Waals surface area contributed by atoms with Crippen LogP contribution < -0.4 is 10.1 Å². The zero-order valence-corrected chi connectivity index (χ0v) is 12.3. The van der Waals surface area contributed by atoms with Crippen LogP contribution in [0.15, 0.2) is 36.4 Å². The van der Waals surface area contributed by atoms with Crippen molar-refractivity contribution in [1.29, 1.82) is 5.26 Å². The van der Waals surface area contributed by atoms with Crippen LogP contribution in [0, 0.1) is 24.1 Å². The van der Waals surface area contributed by atoms with Crippen LogP contribution in [0.1, 0.15) is 29.7 Å². The van der Waals surface area contributed by atoms with Crippen molar-refractivity contribution in [3.63, 3.8) is 0 Å². The van der Waals surface area contributed by atoms with Gasteiger partial charge in [-0.05, 0) is 43.2 Å². The van der Waals surface area contributed by atoms with Crippen molar-refractivity contribution in [2.24, 2.45) is 0 Å². The van der Waals surface area contributed by atoms with Gasteiger partial charge in [-0.25, -0.2) is 4.39 Å². The summed E-state index contributed by atoms with van der Waals surface area (Å²) in [5, 5.41) is 12.5. The molecular weight excluding hydrogens is 267 g/mol. The van der Waals surface area contributed by atoms with Gasteiger partial charge in [0.15, 0.2) is 11.6 Å². The van der Waals surface area contributed by atoms with Crippen LogP contribution in [0.2, 0.25) is 0 Å². The summed E-state index contributed by atoms with van der Waals surface area (Å²) in [6.07, 6.45) is 0. The Morgan fingerprint density at radius 1 is 1.29 bits per heavy atom. The summed E-state index contributed by atoms with van der Waals surface area (Å²) in [6.45, 7) is 3.81. The van der Waals surface area contributed by atoms with Crippen molar-refractivity contribution in [2.75, 3.05) is 12.4 Å². The Morgan fingerprint density at radius 3 is 2.67 bits per heavy atom. The maximum Gasteiger partial charge on any atom is 0.165 e. The molecule has 108 valence electrons. The van der Waals surface area contributed by atoms with E-state index in [2.05, 4.69) is 11.4 Å². The van der Waals surface area contributed by atoms with Gasteiger partial charge in [-0.15, -0.1) is 0 Å². The fourth-order valence-corrected chi connectivity index (χ4v) is 2.21. The molecule has 0 aliphatic heterocycles. The van der Waals surface area contributed by atoms with Gasteiger partial charge in [-0.1, -0.05) is 18.2 Å². The Morgan fingerprint density at radius 2 is 2.05 bits per heavy atom. The lowest BCUT2D eigenvalue weighted by Gasteiger charge is -2.18. The number of methoxy groups -OCH3 is 1. The second kappa shape index (κ2) is 6.27. The van der Waals surface area contributed by atoms with Gasteiger partial charge >= 0.3 is 0 Å². The lowest BCUT2D eigenvalue weighted by atomic mass is 10.0. The highest BCUT2D eigenvalue weighted by molar-refractivity contribution is 5.61. The van der Waals surface area contributed by atoms with Gasteiger partial charge in [-0.2, -0.15) is 5.26 Å². The van der Waals surface area contributed by atoms with Crippen LogP contribution in [0.25, 0.3) is 0 Å². The van der Waals surface area contributed by atoms with E-state index in [-0.39, 0.29) is 11.8 Å². The molecule has 0 bridgehead atoms. The van der Waals surface area contributed by atoms with E-state index in [1.54, 1.807) is 12.1 Å². The zero-order chi connectivity index (χ0) is 15.4. The van der Waals surface area contributed by atoms with Gasteiger partial charge in [0.25, 0.3) is 0 Å². The van der Waals surface area contributed by atoms with Crippen molar-refractivity contribution >= 4 is 5.69 Å². The van der Waals surface area contributed by atoms with Crippen LogP contribution in [-0.4, -0.2) is 7.11 Å². The average Bonchev–Trinajstić information content (AvgIpc) is 2.47. The van der Waals surface area contributed by atoms with Crippen molar-refractivity contribution in [2.45, 2.75) is 19.9 Å². The Kier molecular flexibility index (Phi) is 4.44. The van der Waals surface area contributed by atoms with Gasteiger partial charge < -0.3 is 10.1 Å². The fraction of sp³-hybridized carbons (Fsp3) is 0.235. The summed E-state index contributed by atoms with van der Waals surface area (Å²) in [7, 11) is 1.44. The molecule has 0 fully saturated rings. The number of hydrogen-bond acceptors (Lipinski definition) is 3. The van der Waals surface area contributed by atoms with Gasteiger partial charge in [0.2, 0.25) is 0 Å². The molecule has 21 heavy (non-hydrogen) atoms. The van der Waals surface area contributed by atoms with E-state index in [0.717, 1.165) is 16.8 Å².